The van der Waals surface area contributed by atoms with Gasteiger partial charge in [0.05, 0.1) is 12.9 Å². The van der Waals surface area contributed by atoms with Gasteiger partial charge in [0, 0.05) is 19.2 Å². The molecule has 1 aromatic heterocycles. The van der Waals surface area contributed by atoms with Crippen molar-refractivity contribution in [3.8, 4) is 5.75 Å². The number of nitrogens with one attached hydrogen (secondary N) is 1. The van der Waals surface area contributed by atoms with Gasteiger partial charge in [0.2, 0.25) is 5.91 Å². The number of amides is 1. The summed E-state index contributed by atoms with van der Waals surface area (Å²) in [7, 11) is 3.61. The molecular formula is C20H28N4O2S. The third-order valence-electron chi connectivity index (χ3n) is 5.13. The lowest BCUT2D eigenvalue weighted by atomic mass is 9.86. The molecule has 0 radical (unpaired) electrons. The number of thioether (sulfide) groups is 1. The zero-order chi connectivity index (χ0) is 19.1. The molecule has 0 saturated heterocycles. The van der Waals surface area contributed by atoms with Crippen molar-refractivity contribution in [1.82, 2.24) is 14.8 Å². The van der Waals surface area contributed by atoms with Gasteiger partial charge in [0.15, 0.2) is 5.16 Å². The largest absolute Gasteiger partial charge is 0.497 e. The molecule has 3 rings (SSSR count). The van der Waals surface area contributed by atoms with Gasteiger partial charge in [-0.05, 0) is 36.6 Å². The summed E-state index contributed by atoms with van der Waals surface area (Å²) in [5.74, 6) is 2.86. The minimum atomic E-state index is -0.0584. The Morgan fingerprint density at radius 2 is 1.96 bits per heavy atom. The Bertz CT molecular complexity index is 739. The fraction of sp³-hybridized carbons (Fsp3) is 0.550. The molecule has 0 atom stereocenters. The molecule has 27 heavy (non-hydrogen) atoms. The molecule has 0 aliphatic heterocycles. The normalized spacial score (nSPS) is 14.9. The lowest BCUT2D eigenvalue weighted by Gasteiger charge is -2.20. The van der Waals surface area contributed by atoms with Crippen molar-refractivity contribution < 1.29 is 9.53 Å². The zero-order valence-electron chi connectivity index (χ0n) is 16.1. The molecule has 0 unspecified atom stereocenters. The first-order chi connectivity index (χ1) is 13.2. The predicted octanol–water partition coefficient (Wildman–Crippen LogP) is 4.07. The molecule has 1 heterocycles. The maximum atomic E-state index is 12.2. The number of methoxy groups -OCH3 is 1. The molecule has 1 amide bonds. The van der Waals surface area contributed by atoms with Gasteiger partial charge in [-0.3, -0.25) is 4.79 Å². The lowest BCUT2D eigenvalue weighted by molar-refractivity contribution is -0.113. The molecule has 1 aliphatic rings. The Balaban J connectivity index is 1.45. The Kier molecular flexibility index (Phi) is 7.15. The topological polar surface area (TPSA) is 69.0 Å². The minimum absolute atomic E-state index is 0.0584. The first kappa shape index (κ1) is 19.7. The van der Waals surface area contributed by atoms with Crippen molar-refractivity contribution in [3.63, 3.8) is 0 Å². The SMILES string of the molecule is COc1ccc(NC(=O)CSc2nnc(CCC3CCCCC3)n2C)cc1. The average Bonchev–Trinajstić information content (AvgIpc) is 3.06. The number of carbonyl (C=O) groups is 1. The molecule has 1 fully saturated rings. The molecule has 6 nitrogen and oxygen atoms in total. The van der Waals surface area contributed by atoms with Crippen LogP contribution in [0.25, 0.3) is 0 Å². The van der Waals surface area contributed by atoms with Crippen LogP contribution < -0.4 is 10.1 Å². The van der Waals surface area contributed by atoms with E-state index in [2.05, 4.69) is 15.5 Å². The average molecular weight is 389 g/mol. The predicted molar refractivity (Wildman–Crippen MR) is 108 cm³/mol. The third-order valence-corrected chi connectivity index (χ3v) is 6.15. The maximum Gasteiger partial charge on any atom is 0.234 e. The van der Waals surface area contributed by atoms with Crippen molar-refractivity contribution in [2.24, 2.45) is 13.0 Å². The number of aromatic nitrogens is 3. The van der Waals surface area contributed by atoms with Crippen LogP contribution in [0.3, 0.4) is 0 Å². The second-order valence-electron chi connectivity index (χ2n) is 7.07. The quantitative estimate of drug-likeness (QED) is 0.691. The zero-order valence-corrected chi connectivity index (χ0v) is 16.9. The summed E-state index contributed by atoms with van der Waals surface area (Å²) in [6.07, 6.45) is 8.99. The standard InChI is InChI=1S/C20H28N4O2S/c1-24-18(13-8-15-6-4-3-5-7-15)22-23-20(24)27-14-19(25)21-16-9-11-17(26-2)12-10-16/h9-12,15H,3-8,13-14H2,1-2H3,(H,21,25). The molecule has 0 spiro atoms. The van der Waals surface area contributed by atoms with Crippen LogP contribution in [0.4, 0.5) is 5.69 Å². The van der Waals surface area contributed by atoms with Crippen molar-refractivity contribution in [1.29, 1.82) is 0 Å². The maximum absolute atomic E-state index is 12.2. The summed E-state index contributed by atoms with van der Waals surface area (Å²) in [6.45, 7) is 0. The number of rotatable bonds is 8. The number of carbonyl (C=O) groups excluding carboxylic acids is 1. The summed E-state index contributed by atoms with van der Waals surface area (Å²) >= 11 is 1.42. The van der Waals surface area contributed by atoms with Crippen LogP contribution in [0.5, 0.6) is 5.75 Å². The van der Waals surface area contributed by atoms with Crippen molar-refractivity contribution in [2.75, 3.05) is 18.2 Å². The fourth-order valence-electron chi connectivity index (χ4n) is 3.50. The van der Waals surface area contributed by atoms with E-state index in [0.717, 1.165) is 34.8 Å². The number of hydrogen-bond donors (Lipinski definition) is 1. The second kappa shape index (κ2) is 9.78. The van der Waals surface area contributed by atoms with Crippen LogP contribution in [0.15, 0.2) is 29.4 Å². The Morgan fingerprint density at radius 3 is 2.67 bits per heavy atom. The fourth-order valence-corrected chi connectivity index (χ4v) is 4.23. The summed E-state index contributed by atoms with van der Waals surface area (Å²) in [6, 6.07) is 7.30. The third kappa shape index (κ3) is 5.73. The number of ether oxygens (including phenoxy) is 1. The monoisotopic (exact) mass is 388 g/mol. The number of nitrogens with zero attached hydrogens (tertiary/aromatic N) is 3. The van der Waals surface area contributed by atoms with Gasteiger partial charge in [-0.1, -0.05) is 43.9 Å². The van der Waals surface area contributed by atoms with Gasteiger partial charge in [-0.2, -0.15) is 0 Å². The molecule has 146 valence electrons. The number of aryl methyl sites for hydroxylation is 1. The Labute approximate surface area is 165 Å². The van der Waals surface area contributed by atoms with Crippen LogP contribution in [0.1, 0.15) is 44.3 Å². The summed E-state index contributed by atoms with van der Waals surface area (Å²) in [4.78, 5) is 12.2. The highest BCUT2D eigenvalue weighted by atomic mass is 32.2. The minimum Gasteiger partial charge on any atom is -0.497 e. The van der Waals surface area contributed by atoms with Crippen LogP contribution in [-0.4, -0.2) is 33.5 Å². The van der Waals surface area contributed by atoms with Gasteiger partial charge in [0.25, 0.3) is 0 Å². The van der Waals surface area contributed by atoms with Gasteiger partial charge < -0.3 is 14.6 Å². The molecule has 1 aliphatic carbocycles. The van der Waals surface area contributed by atoms with E-state index < -0.39 is 0 Å². The Morgan fingerprint density at radius 1 is 1.22 bits per heavy atom. The van der Waals surface area contributed by atoms with E-state index in [1.807, 2.05) is 35.9 Å². The van der Waals surface area contributed by atoms with E-state index in [1.54, 1.807) is 7.11 Å². The van der Waals surface area contributed by atoms with Crippen LogP contribution >= 0.6 is 11.8 Å². The van der Waals surface area contributed by atoms with Gasteiger partial charge in [-0.25, -0.2) is 0 Å². The highest BCUT2D eigenvalue weighted by molar-refractivity contribution is 7.99. The lowest BCUT2D eigenvalue weighted by Crippen LogP contribution is -2.14. The molecule has 2 aromatic rings. The van der Waals surface area contributed by atoms with Gasteiger partial charge >= 0.3 is 0 Å². The van der Waals surface area contributed by atoms with Crippen LogP contribution in [0, 0.1) is 5.92 Å². The van der Waals surface area contributed by atoms with Gasteiger partial charge in [0.1, 0.15) is 11.6 Å². The molecule has 1 N–H and O–H groups in total. The molecule has 1 aromatic carbocycles. The van der Waals surface area contributed by atoms with E-state index in [9.17, 15) is 4.79 Å². The molecule has 7 heteroatoms. The van der Waals surface area contributed by atoms with E-state index in [1.165, 1.54) is 50.3 Å². The summed E-state index contributed by atoms with van der Waals surface area (Å²) in [5.41, 5.74) is 0.757. The molecule has 0 bridgehead atoms. The van der Waals surface area contributed by atoms with E-state index in [-0.39, 0.29) is 5.91 Å². The second-order valence-corrected chi connectivity index (χ2v) is 8.01. The summed E-state index contributed by atoms with van der Waals surface area (Å²) in [5, 5.41) is 12.3. The van der Waals surface area contributed by atoms with Crippen molar-refractivity contribution >= 4 is 23.4 Å². The Hall–Kier alpha value is -2.02. The molecule has 1 saturated carbocycles. The number of anilines is 1. The van der Waals surface area contributed by atoms with Gasteiger partial charge in [-0.15, -0.1) is 10.2 Å². The van der Waals surface area contributed by atoms with Crippen LogP contribution in [0.2, 0.25) is 0 Å². The highest BCUT2D eigenvalue weighted by Gasteiger charge is 2.16. The highest BCUT2D eigenvalue weighted by Crippen LogP contribution is 2.27. The molecular weight excluding hydrogens is 360 g/mol. The smallest absolute Gasteiger partial charge is 0.234 e. The van der Waals surface area contributed by atoms with Crippen molar-refractivity contribution in [2.45, 2.75) is 50.1 Å². The van der Waals surface area contributed by atoms with Crippen LogP contribution in [-0.2, 0) is 18.3 Å². The first-order valence-electron chi connectivity index (χ1n) is 9.60. The van der Waals surface area contributed by atoms with E-state index in [4.69, 9.17) is 4.74 Å². The van der Waals surface area contributed by atoms with E-state index >= 15 is 0 Å². The van der Waals surface area contributed by atoms with Crippen molar-refractivity contribution in [3.05, 3.63) is 30.1 Å². The first-order valence-corrected chi connectivity index (χ1v) is 10.6. The number of benzene rings is 1. The number of hydrogen-bond acceptors (Lipinski definition) is 5. The summed E-state index contributed by atoms with van der Waals surface area (Å²) < 4.78 is 7.14. The van der Waals surface area contributed by atoms with E-state index in [0.29, 0.717) is 5.75 Å².